The maximum Gasteiger partial charge on any atom is 0.0897 e. The Morgan fingerprint density at radius 3 is 2.78 bits per heavy atom. The number of ether oxygens (including phenoxy) is 1. The molecule has 0 radical (unpaired) electrons. The third-order valence-corrected chi connectivity index (χ3v) is 3.46. The van der Waals surface area contributed by atoms with Gasteiger partial charge >= 0.3 is 0 Å². The van der Waals surface area contributed by atoms with Crippen molar-refractivity contribution in [1.29, 1.82) is 0 Å². The Balaban J connectivity index is 2.50. The van der Waals surface area contributed by atoms with Crippen LogP contribution in [0.1, 0.15) is 25.5 Å². The number of rotatable bonds is 7. The first-order valence-electron chi connectivity index (χ1n) is 5.99. The Morgan fingerprint density at radius 2 is 2.11 bits per heavy atom. The van der Waals surface area contributed by atoms with Gasteiger partial charge in [-0.2, -0.15) is 0 Å². The summed E-state index contributed by atoms with van der Waals surface area (Å²) in [6.07, 6.45) is -0.523. The van der Waals surface area contributed by atoms with E-state index in [0.717, 1.165) is 5.56 Å². The van der Waals surface area contributed by atoms with E-state index in [1.54, 1.807) is 6.07 Å². The predicted octanol–water partition coefficient (Wildman–Crippen LogP) is 3.04. The van der Waals surface area contributed by atoms with Gasteiger partial charge in [-0.25, -0.2) is 0 Å². The lowest BCUT2D eigenvalue weighted by atomic mass is 10.1. The highest BCUT2D eigenvalue weighted by atomic mass is 35.5. The molecule has 0 saturated heterocycles. The zero-order valence-electron chi connectivity index (χ0n) is 10.6. The highest BCUT2D eigenvalue weighted by molar-refractivity contribution is 6.42. The number of aliphatic hydroxyl groups is 1. The lowest BCUT2D eigenvalue weighted by molar-refractivity contribution is 0.0416. The van der Waals surface area contributed by atoms with Gasteiger partial charge in [0.15, 0.2) is 0 Å². The molecule has 1 aromatic rings. The molecule has 2 unspecified atom stereocenters. The summed E-state index contributed by atoms with van der Waals surface area (Å²) < 4.78 is 5.14. The second kappa shape index (κ2) is 7.97. The number of hydrogen-bond acceptors (Lipinski definition) is 3. The van der Waals surface area contributed by atoms with Crippen molar-refractivity contribution in [3.8, 4) is 0 Å². The Morgan fingerprint density at radius 1 is 1.39 bits per heavy atom. The number of halogens is 2. The molecule has 1 rings (SSSR count). The molecule has 0 bridgehead atoms. The van der Waals surface area contributed by atoms with Crippen LogP contribution in [0.3, 0.4) is 0 Å². The Hall–Kier alpha value is -0.320. The first-order chi connectivity index (χ1) is 8.56. The molecule has 2 atom stereocenters. The van der Waals surface area contributed by atoms with Gasteiger partial charge in [-0.15, -0.1) is 0 Å². The number of benzene rings is 1. The molecule has 0 amide bonds. The summed E-state index contributed by atoms with van der Waals surface area (Å²) in [5.74, 6) is 0. The summed E-state index contributed by atoms with van der Waals surface area (Å²) in [5.41, 5.74) is 0.924. The fraction of sp³-hybridized carbons (Fsp3) is 0.538. The van der Waals surface area contributed by atoms with Crippen molar-refractivity contribution in [1.82, 2.24) is 5.32 Å². The summed E-state index contributed by atoms with van der Waals surface area (Å²) in [4.78, 5) is 0. The Labute approximate surface area is 118 Å². The quantitative estimate of drug-likeness (QED) is 0.811. The molecule has 3 nitrogen and oxygen atoms in total. The highest BCUT2D eigenvalue weighted by Gasteiger charge is 2.13. The molecule has 0 heterocycles. The second-order valence-corrected chi connectivity index (χ2v) is 4.87. The minimum Gasteiger partial charge on any atom is -0.389 e. The van der Waals surface area contributed by atoms with Crippen LogP contribution in [0, 0.1) is 0 Å². The van der Waals surface area contributed by atoms with Crippen molar-refractivity contribution >= 4 is 23.2 Å². The van der Waals surface area contributed by atoms with Gasteiger partial charge in [0, 0.05) is 19.2 Å². The second-order valence-electron chi connectivity index (χ2n) is 4.09. The molecular weight excluding hydrogens is 273 g/mol. The van der Waals surface area contributed by atoms with E-state index in [9.17, 15) is 5.11 Å². The highest BCUT2D eigenvalue weighted by Crippen LogP contribution is 2.29. The summed E-state index contributed by atoms with van der Waals surface area (Å²) in [7, 11) is 0. The van der Waals surface area contributed by atoms with Gasteiger partial charge in [-0.3, -0.25) is 0 Å². The SMILES string of the molecule is CCOCC(O)CNC(C)c1cccc(Cl)c1Cl. The van der Waals surface area contributed by atoms with Crippen molar-refractivity contribution in [2.45, 2.75) is 26.0 Å². The van der Waals surface area contributed by atoms with Gasteiger partial charge in [-0.1, -0.05) is 35.3 Å². The number of hydrogen-bond donors (Lipinski definition) is 2. The standard InChI is InChI=1S/C13H19Cl2NO2/c1-3-18-8-10(17)7-16-9(2)11-5-4-6-12(14)13(11)15/h4-6,9-10,16-17H,3,7-8H2,1-2H3. The van der Waals surface area contributed by atoms with Crippen LogP contribution in [0.25, 0.3) is 0 Å². The molecule has 5 heteroatoms. The van der Waals surface area contributed by atoms with Crippen LogP contribution in [-0.2, 0) is 4.74 Å². The van der Waals surface area contributed by atoms with Crippen molar-refractivity contribution < 1.29 is 9.84 Å². The van der Waals surface area contributed by atoms with Gasteiger partial charge in [-0.05, 0) is 25.5 Å². The average molecular weight is 292 g/mol. The van der Waals surface area contributed by atoms with Crippen LogP contribution >= 0.6 is 23.2 Å². The van der Waals surface area contributed by atoms with Gasteiger partial charge in [0.05, 0.1) is 22.8 Å². The van der Waals surface area contributed by atoms with Gasteiger partial charge in [0.25, 0.3) is 0 Å². The molecule has 18 heavy (non-hydrogen) atoms. The smallest absolute Gasteiger partial charge is 0.0897 e. The van der Waals surface area contributed by atoms with Crippen LogP contribution in [0.5, 0.6) is 0 Å². The maximum atomic E-state index is 9.65. The number of nitrogens with one attached hydrogen (secondary N) is 1. The van der Waals surface area contributed by atoms with E-state index in [2.05, 4.69) is 5.32 Å². The topological polar surface area (TPSA) is 41.5 Å². The predicted molar refractivity (Wildman–Crippen MR) is 75.4 cm³/mol. The van der Waals surface area contributed by atoms with Crippen LogP contribution in [-0.4, -0.2) is 31.0 Å². The van der Waals surface area contributed by atoms with Crippen molar-refractivity contribution in [3.05, 3.63) is 33.8 Å². The molecule has 0 aliphatic heterocycles. The largest absolute Gasteiger partial charge is 0.389 e. The first-order valence-corrected chi connectivity index (χ1v) is 6.75. The minimum atomic E-state index is -0.523. The van der Waals surface area contributed by atoms with E-state index in [4.69, 9.17) is 27.9 Å². The molecule has 0 saturated carbocycles. The van der Waals surface area contributed by atoms with Gasteiger partial charge < -0.3 is 15.2 Å². The summed E-state index contributed by atoms with van der Waals surface area (Å²) in [5, 5.41) is 13.9. The molecule has 0 aliphatic rings. The minimum absolute atomic E-state index is 0.0208. The number of aliphatic hydroxyl groups excluding tert-OH is 1. The van der Waals surface area contributed by atoms with Gasteiger partial charge in [0.1, 0.15) is 0 Å². The summed E-state index contributed by atoms with van der Waals surface area (Å²) in [6.45, 7) is 5.26. The fourth-order valence-corrected chi connectivity index (χ4v) is 2.06. The summed E-state index contributed by atoms with van der Waals surface area (Å²) in [6, 6.07) is 5.55. The van der Waals surface area contributed by atoms with Crippen LogP contribution in [0.15, 0.2) is 18.2 Å². The Kier molecular flexibility index (Phi) is 6.97. The molecule has 2 N–H and O–H groups in total. The molecule has 0 fully saturated rings. The molecule has 0 spiro atoms. The van der Waals surface area contributed by atoms with Gasteiger partial charge in [0.2, 0.25) is 0 Å². The van der Waals surface area contributed by atoms with E-state index < -0.39 is 6.10 Å². The third-order valence-electron chi connectivity index (χ3n) is 2.62. The zero-order valence-corrected chi connectivity index (χ0v) is 12.1. The van der Waals surface area contributed by atoms with E-state index in [0.29, 0.717) is 29.8 Å². The average Bonchev–Trinajstić information content (AvgIpc) is 2.36. The molecule has 0 aromatic heterocycles. The fourth-order valence-electron chi connectivity index (χ4n) is 1.59. The lowest BCUT2D eigenvalue weighted by Gasteiger charge is -2.18. The van der Waals surface area contributed by atoms with Crippen molar-refractivity contribution in [2.75, 3.05) is 19.8 Å². The first kappa shape index (κ1) is 15.7. The summed E-state index contributed by atoms with van der Waals surface area (Å²) >= 11 is 12.1. The zero-order chi connectivity index (χ0) is 13.5. The lowest BCUT2D eigenvalue weighted by Crippen LogP contribution is -2.32. The molecular formula is C13H19Cl2NO2. The van der Waals surface area contributed by atoms with Crippen LogP contribution in [0.2, 0.25) is 10.0 Å². The van der Waals surface area contributed by atoms with E-state index in [-0.39, 0.29) is 6.04 Å². The van der Waals surface area contributed by atoms with Crippen molar-refractivity contribution in [3.63, 3.8) is 0 Å². The van der Waals surface area contributed by atoms with Crippen LogP contribution in [0.4, 0.5) is 0 Å². The molecule has 102 valence electrons. The van der Waals surface area contributed by atoms with E-state index in [1.165, 1.54) is 0 Å². The molecule has 1 aromatic carbocycles. The Bertz CT molecular complexity index is 374. The van der Waals surface area contributed by atoms with Crippen molar-refractivity contribution in [2.24, 2.45) is 0 Å². The maximum absolute atomic E-state index is 9.65. The van der Waals surface area contributed by atoms with E-state index >= 15 is 0 Å². The van der Waals surface area contributed by atoms with E-state index in [1.807, 2.05) is 26.0 Å². The monoisotopic (exact) mass is 291 g/mol. The molecule has 0 aliphatic carbocycles. The third kappa shape index (κ3) is 4.75. The normalized spacial score (nSPS) is 14.5. The van der Waals surface area contributed by atoms with Crippen LogP contribution < -0.4 is 5.32 Å².